The van der Waals surface area contributed by atoms with Gasteiger partial charge in [0, 0.05) is 10.0 Å². The molecule has 0 radical (unpaired) electrons. The van der Waals surface area contributed by atoms with Gasteiger partial charge in [-0.2, -0.15) is 0 Å². The quantitative estimate of drug-likeness (QED) is 0.775. The minimum Gasteiger partial charge on any atom is -0.496 e. The molecule has 0 atom stereocenters. The molecular formula is C10H10BrFO. The Hall–Kier alpha value is -0.570. The van der Waals surface area contributed by atoms with Gasteiger partial charge in [-0.3, -0.25) is 0 Å². The summed E-state index contributed by atoms with van der Waals surface area (Å²) in [6.07, 6.45) is 1.23. The monoisotopic (exact) mass is 244 g/mol. The van der Waals surface area contributed by atoms with Crippen LogP contribution < -0.4 is 4.74 Å². The van der Waals surface area contributed by atoms with Crippen molar-refractivity contribution in [3.05, 3.63) is 28.2 Å². The van der Waals surface area contributed by atoms with E-state index in [0.29, 0.717) is 24.2 Å². The van der Waals surface area contributed by atoms with E-state index in [0.717, 1.165) is 4.47 Å². The molecule has 0 heterocycles. The predicted octanol–water partition coefficient (Wildman–Crippen LogP) is 3.42. The SMILES string of the molecule is COc1cc(Br)ccc1C1(F)CC1. The molecule has 13 heavy (non-hydrogen) atoms. The first-order valence-corrected chi connectivity index (χ1v) is 4.98. The Labute approximate surface area is 85.0 Å². The van der Waals surface area contributed by atoms with Gasteiger partial charge in [-0.1, -0.05) is 22.0 Å². The van der Waals surface area contributed by atoms with Crippen molar-refractivity contribution < 1.29 is 9.13 Å². The summed E-state index contributed by atoms with van der Waals surface area (Å²) in [6.45, 7) is 0. The van der Waals surface area contributed by atoms with E-state index in [9.17, 15) is 4.39 Å². The Morgan fingerprint density at radius 1 is 1.46 bits per heavy atom. The van der Waals surface area contributed by atoms with Crippen molar-refractivity contribution in [2.45, 2.75) is 18.5 Å². The molecule has 1 aromatic rings. The van der Waals surface area contributed by atoms with Crippen LogP contribution in [0.3, 0.4) is 0 Å². The number of rotatable bonds is 2. The Kier molecular flexibility index (Phi) is 2.06. The summed E-state index contributed by atoms with van der Waals surface area (Å²) < 4.78 is 19.8. The van der Waals surface area contributed by atoms with Crippen molar-refractivity contribution in [1.29, 1.82) is 0 Å². The van der Waals surface area contributed by atoms with Gasteiger partial charge in [-0.15, -0.1) is 0 Å². The highest BCUT2D eigenvalue weighted by Gasteiger charge is 2.46. The van der Waals surface area contributed by atoms with Crippen molar-refractivity contribution in [2.24, 2.45) is 0 Å². The lowest BCUT2D eigenvalue weighted by atomic mass is 10.1. The number of methoxy groups -OCH3 is 1. The van der Waals surface area contributed by atoms with Crippen LogP contribution in [0.15, 0.2) is 22.7 Å². The molecule has 0 aliphatic heterocycles. The highest BCUT2D eigenvalue weighted by atomic mass is 79.9. The molecule has 1 aliphatic rings. The number of alkyl halides is 1. The maximum absolute atomic E-state index is 13.7. The second-order valence-corrected chi connectivity index (χ2v) is 4.23. The van der Waals surface area contributed by atoms with Gasteiger partial charge in [0.15, 0.2) is 0 Å². The van der Waals surface area contributed by atoms with E-state index in [4.69, 9.17) is 4.74 Å². The zero-order valence-electron chi connectivity index (χ0n) is 7.31. The average molecular weight is 245 g/mol. The van der Waals surface area contributed by atoms with Crippen LogP contribution in [0, 0.1) is 0 Å². The third-order valence-corrected chi connectivity index (χ3v) is 2.83. The van der Waals surface area contributed by atoms with E-state index in [2.05, 4.69) is 15.9 Å². The van der Waals surface area contributed by atoms with E-state index in [1.54, 1.807) is 19.2 Å². The molecule has 1 aromatic carbocycles. The maximum Gasteiger partial charge on any atom is 0.139 e. The standard InChI is InChI=1S/C10H10BrFO/c1-13-9-6-7(11)2-3-8(9)10(12)4-5-10/h2-3,6H,4-5H2,1H3. The molecule has 0 aromatic heterocycles. The fraction of sp³-hybridized carbons (Fsp3) is 0.400. The van der Waals surface area contributed by atoms with Crippen LogP contribution in [-0.4, -0.2) is 7.11 Å². The topological polar surface area (TPSA) is 9.23 Å². The number of halogens is 2. The van der Waals surface area contributed by atoms with Crippen molar-refractivity contribution in [3.8, 4) is 5.75 Å². The largest absolute Gasteiger partial charge is 0.496 e. The van der Waals surface area contributed by atoms with Crippen molar-refractivity contribution in [3.63, 3.8) is 0 Å². The Morgan fingerprint density at radius 3 is 2.69 bits per heavy atom. The minimum absolute atomic E-state index is 0.616. The maximum atomic E-state index is 13.7. The van der Waals surface area contributed by atoms with Crippen LogP contribution in [0.1, 0.15) is 18.4 Å². The minimum atomic E-state index is -1.12. The van der Waals surface area contributed by atoms with E-state index < -0.39 is 5.67 Å². The molecule has 1 fully saturated rings. The van der Waals surface area contributed by atoms with Gasteiger partial charge in [-0.25, -0.2) is 4.39 Å². The molecule has 0 N–H and O–H groups in total. The molecular weight excluding hydrogens is 235 g/mol. The smallest absolute Gasteiger partial charge is 0.139 e. The van der Waals surface area contributed by atoms with E-state index in [1.165, 1.54) is 0 Å². The highest BCUT2D eigenvalue weighted by Crippen LogP contribution is 2.52. The second-order valence-electron chi connectivity index (χ2n) is 3.31. The zero-order valence-corrected chi connectivity index (χ0v) is 8.90. The summed E-state index contributed by atoms with van der Waals surface area (Å²) in [4.78, 5) is 0. The van der Waals surface area contributed by atoms with Crippen molar-refractivity contribution in [1.82, 2.24) is 0 Å². The summed E-state index contributed by atoms with van der Waals surface area (Å²) in [5.74, 6) is 0.634. The number of hydrogen-bond acceptors (Lipinski definition) is 1. The van der Waals surface area contributed by atoms with E-state index in [1.807, 2.05) is 6.07 Å². The zero-order chi connectivity index (χ0) is 9.47. The Balaban J connectivity index is 2.45. The highest BCUT2D eigenvalue weighted by molar-refractivity contribution is 9.10. The van der Waals surface area contributed by atoms with Gasteiger partial charge < -0.3 is 4.74 Å². The third kappa shape index (κ3) is 1.57. The summed E-state index contributed by atoms with van der Waals surface area (Å²) in [5.41, 5.74) is -0.440. The molecule has 0 unspecified atom stereocenters. The molecule has 0 spiro atoms. The number of benzene rings is 1. The molecule has 0 amide bonds. The fourth-order valence-corrected chi connectivity index (χ4v) is 1.75. The predicted molar refractivity (Wildman–Crippen MR) is 52.7 cm³/mol. The normalized spacial score (nSPS) is 18.4. The van der Waals surface area contributed by atoms with Crippen molar-refractivity contribution >= 4 is 15.9 Å². The molecule has 1 aliphatic carbocycles. The molecule has 3 heteroatoms. The van der Waals surface area contributed by atoms with Crippen LogP contribution >= 0.6 is 15.9 Å². The average Bonchev–Trinajstić information content (AvgIpc) is 2.84. The lowest BCUT2D eigenvalue weighted by Gasteiger charge is -2.11. The lowest BCUT2D eigenvalue weighted by Crippen LogP contribution is -2.00. The second kappa shape index (κ2) is 2.98. The van der Waals surface area contributed by atoms with Gasteiger partial charge in [0.1, 0.15) is 11.4 Å². The summed E-state index contributed by atoms with van der Waals surface area (Å²) >= 11 is 3.32. The van der Waals surface area contributed by atoms with E-state index >= 15 is 0 Å². The first-order valence-electron chi connectivity index (χ1n) is 4.19. The summed E-state index contributed by atoms with van der Waals surface area (Å²) in [6, 6.07) is 5.43. The van der Waals surface area contributed by atoms with Crippen LogP contribution in [0.5, 0.6) is 5.75 Å². The molecule has 1 nitrogen and oxygen atoms in total. The van der Waals surface area contributed by atoms with Gasteiger partial charge in [-0.05, 0) is 25.0 Å². The molecule has 0 saturated heterocycles. The van der Waals surface area contributed by atoms with Crippen LogP contribution in [0.25, 0.3) is 0 Å². The first-order chi connectivity index (χ1) is 6.15. The van der Waals surface area contributed by atoms with Crippen LogP contribution in [-0.2, 0) is 5.67 Å². The Bertz CT molecular complexity index is 334. The van der Waals surface area contributed by atoms with Gasteiger partial charge in [0.25, 0.3) is 0 Å². The molecule has 70 valence electrons. The van der Waals surface area contributed by atoms with Crippen molar-refractivity contribution in [2.75, 3.05) is 7.11 Å². The summed E-state index contributed by atoms with van der Waals surface area (Å²) in [7, 11) is 1.57. The van der Waals surface area contributed by atoms with Crippen LogP contribution in [0.2, 0.25) is 0 Å². The molecule has 1 saturated carbocycles. The van der Waals surface area contributed by atoms with Gasteiger partial charge in [0.2, 0.25) is 0 Å². The van der Waals surface area contributed by atoms with E-state index in [-0.39, 0.29) is 0 Å². The van der Waals surface area contributed by atoms with Gasteiger partial charge >= 0.3 is 0 Å². The van der Waals surface area contributed by atoms with Gasteiger partial charge in [0.05, 0.1) is 7.11 Å². The Morgan fingerprint density at radius 2 is 2.15 bits per heavy atom. The van der Waals surface area contributed by atoms with Crippen LogP contribution in [0.4, 0.5) is 4.39 Å². The first kappa shape index (κ1) is 9.00. The number of hydrogen-bond donors (Lipinski definition) is 0. The number of ether oxygens (including phenoxy) is 1. The fourth-order valence-electron chi connectivity index (χ4n) is 1.41. The lowest BCUT2D eigenvalue weighted by molar-refractivity contribution is 0.301. The molecule has 0 bridgehead atoms. The summed E-state index contributed by atoms with van der Waals surface area (Å²) in [5, 5.41) is 0. The third-order valence-electron chi connectivity index (χ3n) is 2.34. The molecule has 2 rings (SSSR count).